The molecule has 30 heavy (non-hydrogen) atoms. The van der Waals surface area contributed by atoms with E-state index in [4.69, 9.17) is 0 Å². The first kappa shape index (κ1) is 23.2. The van der Waals surface area contributed by atoms with Crippen molar-refractivity contribution in [2.75, 3.05) is 18.5 Å². The summed E-state index contributed by atoms with van der Waals surface area (Å²) in [5.74, 6) is -1.12. The number of rotatable bonds is 6. The van der Waals surface area contributed by atoms with Crippen molar-refractivity contribution in [1.82, 2.24) is 4.90 Å². The molecule has 1 N–H and O–H groups in total. The number of amides is 1. The summed E-state index contributed by atoms with van der Waals surface area (Å²) in [5.41, 5.74) is -0.0441. The molecule has 0 saturated carbocycles. The molecule has 9 heteroatoms. The lowest BCUT2D eigenvalue weighted by atomic mass is 10.0. The van der Waals surface area contributed by atoms with E-state index in [1.807, 2.05) is 18.9 Å². The Balaban J connectivity index is 2.50. The SMILES string of the molecule is CCN(C)C=Nc1cc(C)c(N(Cc2c(F)cccc2C(F)(F)F)C(=O)O)cc1C. The molecule has 1 amide bonds. The zero-order valence-electron chi connectivity index (χ0n) is 17.1. The zero-order valence-corrected chi connectivity index (χ0v) is 17.1. The number of alkyl halides is 3. The third kappa shape index (κ3) is 5.28. The smallest absolute Gasteiger partial charge is 0.416 e. The molecule has 5 nitrogen and oxygen atoms in total. The van der Waals surface area contributed by atoms with Gasteiger partial charge in [-0.2, -0.15) is 13.2 Å². The van der Waals surface area contributed by atoms with Gasteiger partial charge in [-0.25, -0.2) is 14.2 Å². The van der Waals surface area contributed by atoms with Crippen molar-refractivity contribution in [2.45, 2.75) is 33.5 Å². The van der Waals surface area contributed by atoms with Crippen LogP contribution in [0.3, 0.4) is 0 Å². The van der Waals surface area contributed by atoms with Crippen LogP contribution in [0.2, 0.25) is 0 Å². The monoisotopic (exact) mass is 425 g/mol. The number of aliphatic imine (C=N–C) groups is 1. The van der Waals surface area contributed by atoms with E-state index >= 15 is 0 Å². The highest BCUT2D eigenvalue weighted by molar-refractivity contribution is 5.88. The van der Waals surface area contributed by atoms with Crippen molar-refractivity contribution in [3.8, 4) is 0 Å². The van der Waals surface area contributed by atoms with Crippen LogP contribution in [-0.2, 0) is 12.7 Å². The number of hydrogen-bond donors (Lipinski definition) is 1. The van der Waals surface area contributed by atoms with Crippen molar-refractivity contribution in [3.63, 3.8) is 0 Å². The maximum atomic E-state index is 14.2. The van der Waals surface area contributed by atoms with E-state index in [9.17, 15) is 27.5 Å². The van der Waals surface area contributed by atoms with Gasteiger partial charge >= 0.3 is 12.3 Å². The predicted molar refractivity (Wildman–Crippen MR) is 108 cm³/mol. The van der Waals surface area contributed by atoms with Crippen molar-refractivity contribution in [1.29, 1.82) is 0 Å². The lowest BCUT2D eigenvalue weighted by Gasteiger charge is -2.24. The topological polar surface area (TPSA) is 56.1 Å². The van der Waals surface area contributed by atoms with E-state index in [2.05, 4.69) is 4.99 Å². The van der Waals surface area contributed by atoms with Gasteiger partial charge < -0.3 is 10.0 Å². The Bertz CT molecular complexity index is 958. The molecular formula is C21H23F4N3O2. The average molecular weight is 425 g/mol. The minimum Gasteiger partial charge on any atom is -0.465 e. The quantitative estimate of drug-likeness (QED) is 0.364. The van der Waals surface area contributed by atoms with Crippen LogP contribution in [0, 0.1) is 19.7 Å². The van der Waals surface area contributed by atoms with Gasteiger partial charge in [0, 0.05) is 19.2 Å². The first-order chi connectivity index (χ1) is 14.0. The average Bonchev–Trinajstić information content (AvgIpc) is 2.66. The molecule has 0 saturated heterocycles. The van der Waals surface area contributed by atoms with Crippen LogP contribution >= 0.6 is 0 Å². The van der Waals surface area contributed by atoms with E-state index in [-0.39, 0.29) is 5.69 Å². The molecule has 0 heterocycles. The normalized spacial score (nSPS) is 11.7. The van der Waals surface area contributed by atoms with Crippen LogP contribution in [0.5, 0.6) is 0 Å². The summed E-state index contributed by atoms with van der Waals surface area (Å²) in [4.78, 5) is 18.8. The second kappa shape index (κ2) is 9.15. The van der Waals surface area contributed by atoms with Gasteiger partial charge in [0.15, 0.2) is 0 Å². The first-order valence-electron chi connectivity index (χ1n) is 9.16. The fraction of sp³-hybridized carbons (Fsp3) is 0.333. The van der Waals surface area contributed by atoms with Crippen molar-refractivity contribution < 1.29 is 27.5 Å². The summed E-state index contributed by atoms with van der Waals surface area (Å²) >= 11 is 0. The number of benzene rings is 2. The van der Waals surface area contributed by atoms with Crippen LogP contribution in [-0.4, -0.2) is 36.0 Å². The van der Waals surface area contributed by atoms with Crippen LogP contribution in [0.15, 0.2) is 35.3 Å². The Hall–Kier alpha value is -3.10. The van der Waals surface area contributed by atoms with E-state index < -0.39 is 35.8 Å². The molecule has 0 fully saturated rings. The third-order valence-corrected chi connectivity index (χ3v) is 4.67. The van der Waals surface area contributed by atoms with Crippen molar-refractivity contribution in [2.24, 2.45) is 4.99 Å². The molecule has 2 aromatic carbocycles. The van der Waals surface area contributed by atoms with Crippen LogP contribution < -0.4 is 4.90 Å². The van der Waals surface area contributed by atoms with Gasteiger partial charge in [-0.1, -0.05) is 6.07 Å². The zero-order chi connectivity index (χ0) is 22.6. The summed E-state index contributed by atoms with van der Waals surface area (Å²) in [6.45, 7) is 5.26. The third-order valence-electron chi connectivity index (χ3n) is 4.67. The van der Waals surface area contributed by atoms with Gasteiger partial charge in [-0.15, -0.1) is 0 Å². The lowest BCUT2D eigenvalue weighted by Crippen LogP contribution is -2.31. The highest BCUT2D eigenvalue weighted by Crippen LogP contribution is 2.36. The number of anilines is 1. The number of aryl methyl sites for hydroxylation is 2. The molecule has 0 aliphatic heterocycles. The molecule has 0 aliphatic carbocycles. The summed E-state index contributed by atoms with van der Waals surface area (Å²) in [6, 6.07) is 5.73. The van der Waals surface area contributed by atoms with Gasteiger partial charge in [0.1, 0.15) is 5.82 Å². The summed E-state index contributed by atoms with van der Waals surface area (Å²) < 4.78 is 54.1. The maximum absolute atomic E-state index is 14.2. The van der Waals surface area contributed by atoms with Crippen LogP contribution in [0.25, 0.3) is 0 Å². The molecule has 2 rings (SSSR count). The van der Waals surface area contributed by atoms with Gasteiger partial charge in [0.05, 0.1) is 29.8 Å². The summed E-state index contributed by atoms with van der Waals surface area (Å²) in [6.07, 6.45) is -4.67. The van der Waals surface area contributed by atoms with Crippen molar-refractivity contribution in [3.05, 3.63) is 58.4 Å². The summed E-state index contributed by atoms with van der Waals surface area (Å²) in [5, 5.41) is 9.65. The highest BCUT2D eigenvalue weighted by atomic mass is 19.4. The van der Waals surface area contributed by atoms with E-state index in [1.165, 1.54) is 6.07 Å². The molecule has 0 unspecified atom stereocenters. The Morgan fingerprint density at radius 3 is 2.43 bits per heavy atom. The molecule has 0 radical (unpaired) electrons. The fourth-order valence-electron chi connectivity index (χ4n) is 2.86. The fourth-order valence-corrected chi connectivity index (χ4v) is 2.86. The van der Waals surface area contributed by atoms with Crippen molar-refractivity contribution >= 4 is 23.8 Å². The molecule has 0 spiro atoms. The molecule has 2 aromatic rings. The Labute approximate surface area is 172 Å². The largest absolute Gasteiger partial charge is 0.465 e. The number of nitrogens with zero attached hydrogens (tertiary/aromatic N) is 3. The maximum Gasteiger partial charge on any atom is 0.416 e. The molecular weight excluding hydrogens is 402 g/mol. The second-order valence-corrected chi connectivity index (χ2v) is 6.88. The van der Waals surface area contributed by atoms with E-state index in [0.29, 0.717) is 21.7 Å². The number of carboxylic acid groups (broad SMARTS) is 1. The summed E-state index contributed by atoms with van der Waals surface area (Å²) in [7, 11) is 1.85. The molecule has 0 atom stereocenters. The standard InChI is InChI=1S/C21H23F4N3O2/c1-5-27(4)12-26-18-9-14(3)19(10-13(18)2)28(20(29)30)11-15-16(21(23,24)25)7-6-8-17(15)22/h6-10,12H,5,11H2,1-4H3,(H,29,30). The van der Waals surface area contributed by atoms with Gasteiger partial charge in [0.25, 0.3) is 0 Å². The number of hydrogen-bond acceptors (Lipinski definition) is 2. The predicted octanol–water partition coefficient (Wildman–Crippen LogP) is 5.76. The van der Waals surface area contributed by atoms with Crippen LogP contribution in [0.4, 0.5) is 33.7 Å². The molecule has 0 aliphatic rings. The van der Waals surface area contributed by atoms with Crippen LogP contribution in [0.1, 0.15) is 29.2 Å². The number of halogens is 4. The van der Waals surface area contributed by atoms with E-state index in [1.54, 1.807) is 26.3 Å². The lowest BCUT2D eigenvalue weighted by molar-refractivity contribution is -0.138. The Kier molecular flexibility index (Phi) is 7.07. The van der Waals surface area contributed by atoms with E-state index in [0.717, 1.165) is 24.7 Å². The minimum absolute atomic E-state index is 0.166. The molecule has 162 valence electrons. The molecule has 0 bridgehead atoms. The number of carbonyl (C=O) groups is 1. The first-order valence-corrected chi connectivity index (χ1v) is 9.16. The Morgan fingerprint density at radius 2 is 1.87 bits per heavy atom. The molecule has 0 aromatic heterocycles. The van der Waals surface area contributed by atoms with Gasteiger partial charge in [-0.3, -0.25) is 4.90 Å². The second-order valence-electron chi connectivity index (χ2n) is 6.88. The minimum atomic E-state index is -4.81. The Morgan fingerprint density at radius 1 is 1.20 bits per heavy atom. The van der Waals surface area contributed by atoms with Gasteiger partial charge in [0.2, 0.25) is 0 Å². The van der Waals surface area contributed by atoms with Gasteiger partial charge in [-0.05, 0) is 56.2 Å². The highest BCUT2D eigenvalue weighted by Gasteiger charge is 2.35.